The molecule has 72 valence electrons. The Hall–Kier alpha value is -0.410. The van der Waals surface area contributed by atoms with Crippen LogP contribution in [0.4, 0.5) is 0 Å². The van der Waals surface area contributed by atoms with Crippen molar-refractivity contribution in [1.29, 1.82) is 0 Å². The van der Waals surface area contributed by atoms with Crippen molar-refractivity contribution in [3.63, 3.8) is 0 Å². The maximum atomic E-state index is 11.5. The summed E-state index contributed by atoms with van der Waals surface area (Å²) >= 11 is -1.18. The van der Waals surface area contributed by atoms with E-state index >= 15 is 0 Å². The van der Waals surface area contributed by atoms with E-state index in [1.165, 1.54) is 18.4 Å². The van der Waals surface area contributed by atoms with E-state index in [2.05, 4.69) is 6.08 Å². The number of hydrogen-bond acceptors (Lipinski definition) is 2. The van der Waals surface area contributed by atoms with Crippen LogP contribution in [0, 0.1) is 0 Å². The molecular formula is C10H14O2S. The van der Waals surface area contributed by atoms with Crippen LogP contribution in [0.3, 0.4) is 0 Å². The third-order valence-electron chi connectivity index (χ3n) is 2.52. The molecule has 0 bridgehead atoms. The topological polar surface area (TPSA) is 26.3 Å². The molecule has 13 heavy (non-hydrogen) atoms. The fourth-order valence-electron chi connectivity index (χ4n) is 1.83. The second-order valence-corrected chi connectivity index (χ2v) is 4.69. The Morgan fingerprint density at radius 1 is 1.46 bits per heavy atom. The first-order chi connectivity index (χ1) is 6.29. The summed E-state index contributed by atoms with van der Waals surface area (Å²) in [6.45, 7) is 2.55. The molecule has 0 saturated heterocycles. The largest absolute Gasteiger partial charge is 0.282 e. The highest BCUT2D eigenvalue weighted by Gasteiger charge is 2.23. The lowest BCUT2D eigenvalue weighted by atomic mass is 9.98. The molecule has 0 aromatic heterocycles. The molecule has 0 amide bonds. The van der Waals surface area contributed by atoms with Crippen molar-refractivity contribution in [1.82, 2.24) is 0 Å². The summed E-state index contributed by atoms with van der Waals surface area (Å²) in [5.74, 6) is 0. The highest BCUT2D eigenvalue weighted by Crippen LogP contribution is 2.32. The number of allylic oxidation sites excluding steroid dienone is 2. The van der Waals surface area contributed by atoms with Gasteiger partial charge in [0.15, 0.2) is 11.1 Å². The Morgan fingerprint density at radius 2 is 2.31 bits per heavy atom. The summed E-state index contributed by atoms with van der Waals surface area (Å²) in [6, 6.07) is 0. The summed E-state index contributed by atoms with van der Waals surface area (Å²) in [6.07, 6.45) is 6.91. The molecule has 0 aromatic rings. The third kappa shape index (κ3) is 1.76. The van der Waals surface area contributed by atoms with Gasteiger partial charge in [-0.1, -0.05) is 6.08 Å². The number of hydrogen-bond donors (Lipinski definition) is 0. The first-order valence-corrected chi connectivity index (χ1v) is 5.81. The first kappa shape index (κ1) is 9.16. The SMILES string of the molecule is CC1=C(C2=CCCCC2)S(=O)OC1. The van der Waals surface area contributed by atoms with Crippen LogP contribution in [-0.4, -0.2) is 10.8 Å². The van der Waals surface area contributed by atoms with E-state index in [0.29, 0.717) is 6.61 Å². The average Bonchev–Trinajstić information content (AvgIpc) is 2.48. The lowest BCUT2D eigenvalue weighted by Crippen LogP contribution is -1.99. The van der Waals surface area contributed by atoms with E-state index in [-0.39, 0.29) is 0 Å². The van der Waals surface area contributed by atoms with E-state index in [1.54, 1.807) is 0 Å². The van der Waals surface area contributed by atoms with E-state index in [4.69, 9.17) is 4.18 Å². The Balaban J connectivity index is 2.28. The Morgan fingerprint density at radius 3 is 2.85 bits per heavy atom. The quantitative estimate of drug-likeness (QED) is 0.647. The maximum absolute atomic E-state index is 11.5. The molecule has 0 N–H and O–H groups in total. The smallest absolute Gasteiger partial charge is 0.189 e. The van der Waals surface area contributed by atoms with Crippen LogP contribution in [0.5, 0.6) is 0 Å². The molecule has 2 nitrogen and oxygen atoms in total. The molecule has 0 aromatic carbocycles. The van der Waals surface area contributed by atoms with Gasteiger partial charge >= 0.3 is 0 Å². The molecule has 0 radical (unpaired) electrons. The van der Waals surface area contributed by atoms with E-state index in [9.17, 15) is 4.21 Å². The van der Waals surface area contributed by atoms with Crippen molar-refractivity contribution in [2.24, 2.45) is 0 Å². The first-order valence-electron chi connectivity index (χ1n) is 4.73. The van der Waals surface area contributed by atoms with Crippen molar-refractivity contribution < 1.29 is 8.39 Å². The highest BCUT2D eigenvalue weighted by molar-refractivity contribution is 7.84. The molecule has 0 fully saturated rings. The molecule has 2 rings (SSSR count). The molecule has 1 atom stereocenters. The van der Waals surface area contributed by atoms with Gasteiger partial charge in [0, 0.05) is 0 Å². The van der Waals surface area contributed by atoms with Crippen molar-refractivity contribution >= 4 is 11.1 Å². The molecule has 1 heterocycles. The Labute approximate surface area is 81.3 Å². The second-order valence-electron chi connectivity index (χ2n) is 3.58. The minimum Gasteiger partial charge on any atom is -0.282 e. The fraction of sp³-hybridized carbons (Fsp3) is 0.600. The lowest BCUT2D eigenvalue weighted by Gasteiger charge is -2.12. The minimum absolute atomic E-state index is 0.541. The van der Waals surface area contributed by atoms with Gasteiger partial charge in [-0.05, 0) is 43.8 Å². The summed E-state index contributed by atoms with van der Waals surface area (Å²) in [4.78, 5) is 0.972. The molecule has 1 aliphatic carbocycles. The van der Waals surface area contributed by atoms with Crippen LogP contribution in [0.1, 0.15) is 32.6 Å². The lowest BCUT2D eigenvalue weighted by molar-refractivity contribution is 0.401. The van der Waals surface area contributed by atoms with Gasteiger partial charge in [-0.3, -0.25) is 4.18 Å². The molecule has 2 aliphatic rings. The average molecular weight is 198 g/mol. The van der Waals surface area contributed by atoms with Gasteiger partial charge in [-0.25, -0.2) is 4.21 Å². The van der Waals surface area contributed by atoms with E-state index < -0.39 is 11.1 Å². The zero-order valence-electron chi connectivity index (χ0n) is 7.84. The summed E-state index contributed by atoms with van der Waals surface area (Å²) in [5.41, 5.74) is 2.41. The van der Waals surface area contributed by atoms with Crippen molar-refractivity contribution in [3.05, 3.63) is 22.1 Å². The molecule has 0 saturated carbocycles. The van der Waals surface area contributed by atoms with Crippen LogP contribution >= 0.6 is 0 Å². The van der Waals surface area contributed by atoms with E-state index in [0.717, 1.165) is 23.3 Å². The third-order valence-corrected chi connectivity index (χ3v) is 3.80. The van der Waals surface area contributed by atoms with Crippen LogP contribution in [0.2, 0.25) is 0 Å². The number of rotatable bonds is 1. The summed E-state index contributed by atoms with van der Waals surface area (Å²) in [7, 11) is 0. The van der Waals surface area contributed by atoms with E-state index in [1.807, 2.05) is 6.92 Å². The molecule has 3 heteroatoms. The minimum atomic E-state index is -1.18. The Kier molecular flexibility index (Phi) is 2.65. The standard InChI is InChI=1S/C10H14O2S/c1-8-7-12-13(11)10(8)9-5-3-2-4-6-9/h5H,2-4,6-7H2,1H3. The molecule has 1 unspecified atom stereocenters. The van der Waals surface area contributed by atoms with Gasteiger partial charge in [0.2, 0.25) is 0 Å². The van der Waals surface area contributed by atoms with Gasteiger partial charge in [0.25, 0.3) is 0 Å². The van der Waals surface area contributed by atoms with Crippen LogP contribution in [0.25, 0.3) is 0 Å². The molecule has 0 spiro atoms. The predicted octanol–water partition coefficient (Wildman–Crippen LogP) is 2.45. The Bertz CT molecular complexity index is 302. The fourth-order valence-corrected chi connectivity index (χ4v) is 2.98. The van der Waals surface area contributed by atoms with Crippen LogP contribution < -0.4 is 0 Å². The highest BCUT2D eigenvalue weighted by atomic mass is 32.2. The van der Waals surface area contributed by atoms with Crippen molar-refractivity contribution in [3.8, 4) is 0 Å². The molecule has 1 aliphatic heterocycles. The van der Waals surface area contributed by atoms with Crippen molar-refractivity contribution in [2.75, 3.05) is 6.61 Å². The summed E-state index contributed by atoms with van der Waals surface area (Å²) < 4.78 is 16.6. The maximum Gasteiger partial charge on any atom is 0.189 e. The molecular weight excluding hydrogens is 184 g/mol. The van der Waals surface area contributed by atoms with Crippen molar-refractivity contribution in [2.45, 2.75) is 32.6 Å². The zero-order valence-corrected chi connectivity index (χ0v) is 8.65. The summed E-state index contributed by atoms with van der Waals surface area (Å²) in [5, 5.41) is 0. The van der Waals surface area contributed by atoms with Gasteiger partial charge < -0.3 is 0 Å². The second kappa shape index (κ2) is 3.76. The monoisotopic (exact) mass is 198 g/mol. The van der Waals surface area contributed by atoms with Gasteiger partial charge in [-0.2, -0.15) is 0 Å². The predicted molar refractivity (Wildman–Crippen MR) is 53.3 cm³/mol. The van der Waals surface area contributed by atoms with Crippen LogP contribution in [0.15, 0.2) is 22.1 Å². The normalized spacial score (nSPS) is 29.3. The van der Waals surface area contributed by atoms with Gasteiger partial charge in [-0.15, -0.1) is 0 Å². The van der Waals surface area contributed by atoms with Crippen LogP contribution in [-0.2, 0) is 15.3 Å². The van der Waals surface area contributed by atoms with Gasteiger partial charge in [0.1, 0.15) is 0 Å². The van der Waals surface area contributed by atoms with Gasteiger partial charge in [0.05, 0.1) is 11.5 Å². The zero-order chi connectivity index (χ0) is 9.26.